The van der Waals surface area contributed by atoms with Crippen LogP contribution in [0.5, 0.6) is 0 Å². The third-order valence-corrected chi connectivity index (χ3v) is 7.14. The Hall–Kier alpha value is -3.46. The number of rotatable bonds is 6. The number of carbonyl (C=O) groups is 4. The summed E-state index contributed by atoms with van der Waals surface area (Å²) < 4.78 is 13.9. The van der Waals surface area contributed by atoms with E-state index >= 15 is 0 Å². The van der Waals surface area contributed by atoms with E-state index in [1.165, 1.54) is 18.2 Å². The van der Waals surface area contributed by atoms with E-state index in [2.05, 4.69) is 5.32 Å². The van der Waals surface area contributed by atoms with Crippen LogP contribution in [0, 0.1) is 18.7 Å². The molecule has 9 heteroatoms. The topological polar surface area (TPSA) is 86.8 Å². The number of halogens is 1. The summed E-state index contributed by atoms with van der Waals surface area (Å²) in [6.45, 7) is 3.06. The molecule has 0 aliphatic carbocycles. The standard InChI is InChI=1S/C26H26FN3O4S/c1-17-6-2-4-8-20(17)24(32)29-13-10-18(11-14-29)23(31)28-12-15-30-25(33)22(35-26(30)34)16-19-7-3-5-9-21(19)27/h2-9,16,18H,10-15H2,1H3,(H,28,31)/b22-16-. The van der Waals surface area contributed by atoms with Crippen molar-refractivity contribution in [2.75, 3.05) is 26.2 Å². The SMILES string of the molecule is Cc1ccccc1C(=O)N1CCC(C(=O)NCCN2C(=O)S/C(=C\c3ccccc3F)C2=O)CC1. The zero-order chi connectivity index (χ0) is 24.9. The molecule has 2 aromatic carbocycles. The van der Waals surface area contributed by atoms with Gasteiger partial charge in [0.2, 0.25) is 5.91 Å². The van der Waals surface area contributed by atoms with Crippen molar-refractivity contribution in [3.63, 3.8) is 0 Å². The van der Waals surface area contributed by atoms with Gasteiger partial charge in [0.15, 0.2) is 0 Å². The van der Waals surface area contributed by atoms with Gasteiger partial charge in [0.1, 0.15) is 5.82 Å². The second-order valence-electron chi connectivity index (χ2n) is 8.53. The van der Waals surface area contributed by atoms with Crippen molar-refractivity contribution < 1.29 is 23.6 Å². The fraction of sp³-hybridized carbons (Fsp3) is 0.308. The van der Waals surface area contributed by atoms with E-state index in [1.54, 1.807) is 17.0 Å². The molecule has 4 rings (SSSR count). The van der Waals surface area contributed by atoms with Gasteiger partial charge >= 0.3 is 0 Å². The Balaban J connectivity index is 1.25. The molecule has 0 saturated carbocycles. The van der Waals surface area contributed by atoms with Gasteiger partial charge in [0, 0.05) is 43.2 Å². The van der Waals surface area contributed by atoms with Gasteiger partial charge < -0.3 is 10.2 Å². The lowest BCUT2D eigenvalue weighted by Crippen LogP contribution is -2.44. The second kappa shape index (κ2) is 10.9. The van der Waals surface area contributed by atoms with E-state index in [9.17, 15) is 23.6 Å². The highest BCUT2D eigenvalue weighted by Crippen LogP contribution is 2.32. The van der Waals surface area contributed by atoms with Crippen molar-refractivity contribution in [2.24, 2.45) is 5.92 Å². The molecule has 0 radical (unpaired) electrons. The highest BCUT2D eigenvalue weighted by Gasteiger charge is 2.35. The maximum atomic E-state index is 13.9. The van der Waals surface area contributed by atoms with Crippen LogP contribution in [0.2, 0.25) is 0 Å². The summed E-state index contributed by atoms with van der Waals surface area (Å²) in [5.41, 5.74) is 1.84. The van der Waals surface area contributed by atoms with Crippen molar-refractivity contribution in [2.45, 2.75) is 19.8 Å². The number of aryl methyl sites for hydroxylation is 1. The summed E-state index contributed by atoms with van der Waals surface area (Å²) in [4.78, 5) is 53.2. The van der Waals surface area contributed by atoms with Gasteiger partial charge in [0.25, 0.3) is 17.1 Å². The molecule has 2 aliphatic rings. The molecule has 7 nitrogen and oxygen atoms in total. The number of likely N-dealkylation sites (tertiary alicyclic amines) is 1. The number of hydrogen-bond acceptors (Lipinski definition) is 5. The first-order valence-corrected chi connectivity index (χ1v) is 12.3. The molecule has 35 heavy (non-hydrogen) atoms. The molecule has 182 valence electrons. The third kappa shape index (κ3) is 5.62. The molecule has 2 fully saturated rings. The van der Waals surface area contributed by atoms with Crippen LogP contribution in [0.1, 0.15) is 34.3 Å². The van der Waals surface area contributed by atoms with Crippen LogP contribution in [-0.2, 0) is 9.59 Å². The molecular formula is C26H26FN3O4S. The van der Waals surface area contributed by atoms with Crippen molar-refractivity contribution >= 4 is 40.8 Å². The highest BCUT2D eigenvalue weighted by atomic mass is 32.2. The van der Waals surface area contributed by atoms with Gasteiger partial charge in [-0.15, -0.1) is 0 Å². The molecule has 0 aromatic heterocycles. The molecule has 4 amide bonds. The van der Waals surface area contributed by atoms with Crippen LogP contribution in [-0.4, -0.2) is 58.9 Å². The molecule has 2 saturated heterocycles. The van der Waals surface area contributed by atoms with Crippen molar-refractivity contribution in [3.05, 3.63) is 75.9 Å². The van der Waals surface area contributed by atoms with Gasteiger partial charge in [-0.1, -0.05) is 36.4 Å². The molecule has 2 aromatic rings. The first kappa shape index (κ1) is 24.7. The first-order chi connectivity index (χ1) is 16.8. The number of piperidine rings is 1. The van der Waals surface area contributed by atoms with Crippen molar-refractivity contribution in [1.82, 2.24) is 15.1 Å². The minimum atomic E-state index is -0.500. The number of amides is 4. The number of carbonyl (C=O) groups excluding carboxylic acids is 4. The lowest BCUT2D eigenvalue weighted by Gasteiger charge is -2.31. The molecule has 1 N–H and O–H groups in total. The number of benzene rings is 2. The van der Waals surface area contributed by atoms with E-state index < -0.39 is 17.0 Å². The quantitative estimate of drug-likeness (QED) is 0.616. The number of nitrogens with zero attached hydrogens (tertiary/aromatic N) is 2. The number of thioether (sulfide) groups is 1. The first-order valence-electron chi connectivity index (χ1n) is 11.5. The van der Waals surface area contributed by atoms with Crippen LogP contribution in [0.25, 0.3) is 6.08 Å². The van der Waals surface area contributed by atoms with Crippen LogP contribution in [0.4, 0.5) is 9.18 Å². The van der Waals surface area contributed by atoms with E-state index in [4.69, 9.17) is 0 Å². The molecule has 0 unspecified atom stereocenters. The Morgan fingerprint density at radius 2 is 1.77 bits per heavy atom. The zero-order valence-electron chi connectivity index (χ0n) is 19.3. The largest absolute Gasteiger partial charge is 0.354 e. The smallest absolute Gasteiger partial charge is 0.293 e. The summed E-state index contributed by atoms with van der Waals surface area (Å²) in [6.07, 6.45) is 2.47. The predicted octanol–water partition coefficient (Wildman–Crippen LogP) is 3.84. The summed E-state index contributed by atoms with van der Waals surface area (Å²) >= 11 is 0.756. The van der Waals surface area contributed by atoms with Crippen LogP contribution < -0.4 is 5.32 Å². The van der Waals surface area contributed by atoms with E-state index in [-0.39, 0.29) is 41.3 Å². The Labute approximate surface area is 207 Å². The minimum absolute atomic E-state index is 0.0234. The minimum Gasteiger partial charge on any atom is -0.354 e. The zero-order valence-corrected chi connectivity index (χ0v) is 20.1. The Kier molecular flexibility index (Phi) is 7.65. The van der Waals surface area contributed by atoms with Gasteiger partial charge in [-0.3, -0.25) is 24.1 Å². The van der Waals surface area contributed by atoms with Crippen LogP contribution in [0.3, 0.4) is 0 Å². The van der Waals surface area contributed by atoms with E-state index in [1.807, 2.05) is 31.2 Å². The van der Waals surface area contributed by atoms with Gasteiger partial charge in [-0.05, 0) is 55.3 Å². The molecule has 2 heterocycles. The molecule has 2 aliphatic heterocycles. The van der Waals surface area contributed by atoms with Gasteiger partial charge in [-0.2, -0.15) is 0 Å². The predicted molar refractivity (Wildman–Crippen MR) is 132 cm³/mol. The fourth-order valence-electron chi connectivity index (χ4n) is 4.19. The van der Waals surface area contributed by atoms with Crippen LogP contribution >= 0.6 is 11.8 Å². The van der Waals surface area contributed by atoms with Crippen molar-refractivity contribution in [3.8, 4) is 0 Å². The monoisotopic (exact) mass is 495 g/mol. The number of nitrogens with one attached hydrogen (secondary N) is 1. The summed E-state index contributed by atoms with van der Waals surface area (Å²) in [7, 11) is 0. The molecule has 0 atom stereocenters. The maximum absolute atomic E-state index is 13.9. The van der Waals surface area contributed by atoms with Gasteiger partial charge in [-0.25, -0.2) is 4.39 Å². The Bertz CT molecular complexity index is 1190. The highest BCUT2D eigenvalue weighted by molar-refractivity contribution is 8.18. The number of imide groups is 1. The summed E-state index contributed by atoms with van der Waals surface area (Å²) in [6, 6.07) is 13.5. The van der Waals surface area contributed by atoms with Crippen molar-refractivity contribution in [1.29, 1.82) is 0 Å². The second-order valence-corrected chi connectivity index (χ2v) is 9.52. The maximum Gasteiger partial charge on any atom is 0.293 e. The lowest BCUT2D eigenvalue weighted by molar-refractivity contribution is -0.127. The van der Waals surface area contributed by atoms with Gasteiger partial charge in [0.05, 0.1) is 4.91 Å². The fourth-order valence-corrected chi connectivity index (χ4v) is 5.05. The Morgan fingerprint density at radius 3 is 2.49 bits per heavy atom. The van der Waals surface area contributed by atoms with E-state index in [0.29, 0.717) is 31.5 Å². The average molecular weight is 496 g/mol. The normalized spacial score (nSPS) is 17.8. The molecule has 0 spiro atoms. The summed E-state index contributed by atoms with van der Waals surface area (Å²) in [5, 5.41) is 2.35. The summed E-state index contributed by atoms with van der Waals surface area (Å²) in [5.74, 6) is -1.38. The van der Waals surface area contributed by atoms with Crippen LogP contribution in [0.15, 0.2) is 53.4 Å². The number of hydrogen-bond donors (Lipinski definition) is 1. The molecular weight excluding hydrogens is 469 g/mol. The average Bonchev–Trinajstić information content (AvgIpc) is 3.12. The van der Waals surface area contributed by atoms with E-state index in [0.717, 1.165) is 22.2 Å². The Morgan fingerprint density at radius 1 is 1.09 bits per heavy atom. The molecule has 0 bridgehead atoms. The lowest BCUT2D eigenvalue weighted by atomic mass is 9.95. The third-order valence-electron chi connectivity index (χ3n) is 6.23.